The highest BCUT2D eigenvalue weighted by Crippen LogP contribution is 2.38. The molecular weight excluding hydrogens is 380 g/mol. The Morgan fingerprint density at radius 1 is 1.03 bits per heavy atom. The van der Waals surface area contributed by atoms with Crippen LogP contribution in [0.1, 0.15) is 68.7 Å². The number of furan rings is 1. The maximum Gasteiger partial charge on any atom is 0.227 e. The molecule has 4 aromatic rings. The van der Waals surface area contributed by atoms with Gasteiger partial charge < -0.3 is 4.42 Å². The van der Waals surface area contributed by atoms with Crippen molar-refractivity contribution in [3.63, 3.8) is 0 Å². The SMILES string of the molecule is Cc1ccc2c(oc3nc(C4CCCCC4)ccc32)c1-c1cc(CC(C)C)cc[n+]1C. The number of aryl methyl sites for hydroxylation is 2. The van der Waals surface area contributed by atoms with E-state index in [2.05, 4.69) is 75.0 Å². The lowest BCUT2D eigenvalue weighted by molar-refractivity contribution is -0.660. The van der Waals surface area contributed by atoms with Gasteiger partial charge in [-0.15, -0.1) is 0 Å². The van der Waals surface area contributed by atoms with Crippen LogP contribution in [0.3, 0.4) is 0 Å². The maximum atomic E-state index is 6.50. The van der Waals surface area contributed by atoms with Gasteiger partial charge in [-0.25, -0.2) is 9.55 Å². The number of hydrogen-bond acceptors (Lipinski definition) is 2. The summed E-state index contributed by atoms with van der Waals surface area (Å²) in [6.07, 6.45) is 9.75. The van der Waals surface area contributed by atoms with Crippen LogP contribution < -0.4 is 4.57 Å². The van der Waals surface area contributed by atoms with Gasteiger partial charge in [0, 0.05) is 34.5 Å². The largest absolute Gasteiger partial charge is 0.437 e. The van der Waals surface area contributed by atoms with Gasteiger partial charge in [-0.2, -0.15) is 0 Å². The molecule has 3 aromatic heterocycles. The highest BCUT2D eigenvalue weighted by Gasteiger charge is 2.23. The summed E-state index contributed by atoms with van der Waals surface area (Å²) in [5, 5.41) is 2.28. The fourth-order valence-electron chi connectivity index (χ4n) is 5.24. The summed E-state index contributed by atoms with van der Waals surface area (Å²) in [5.74, 6) is 1.21. The summed E-state index contributed by atoms with van der Waals surface area (Å²) in [6, 6.07) is 13.4. The predicted octanol–water partition coefficient (Wildman–Crippen LogP) is 7.03. The molecule has 1 saturated carbocycles. The standard InChI is InChI=1S/C28H33N2O/c1-18(2)16-20-14-15-30(4)25(17-20)26-19(3)10-11-22-23-12-13-24(21-8-6-5-7-9-21)29-28(23)31-27(22)26/h10-15,17-18,21H,5-9,16H2,1-4H3/q+1. The van der Waals surface area contributed by atoms with Crippen molar-refractivity contribution in [2.75, 3.05) is 0 Å². The second-order valence-corrected chi connectivity index (χ2v) is 9.79. The summed E-state index contributed by atoms with van der Waals surface area (Å²) in [5.41, 5.74) is 7.93. The molecule has 0 radical (unpaired) electrons. The molecule has 3 heteroatoms. The number of pyridine rings is 2. The van der Waals surface area contributed by atoms with Gasteiger partial charge in [0.15, 0.2) is 11.8 Å². The molecule has 1 aliphatic rings. The number of rotatable bonds is 4. The Kier molecular flexibility index (Phi) is 5.29. The molecule has 0 unspecified atom stereocenters. The Balaban J connectivity index is 1.67. The summed E-state index contributed by atoms with van der Waals surface area (Å²) >= 11 is 0. The third-order valence-corrected chi connectivity index (χ3v) is 6.87. The van der Waals surface area contributed by atoms with Gasteiger partial charge in [0.1, 0.15) is 7.05 Å². The topological polar surface area (TPSA) is 29.9 Å². The van der Waals surface area contributed by atoms with E-state index in [4.69, 9.17) is 9.40 Å². The molecule has 0 amide bonds. The van der Waals surface area contributed by atoms with Crippen LogP contribution in [-0.4, -0.2) is 4.98 Å². The van der Waals surface area contributed by atoms with E-state index in [1.54, 1.807) is 0 Å². The molecule has 0 atom stereocenters. The molecule has 0 N–H and O–H groups in total. The zero-order valence-corrected chi connectivity index (χ0v) is 19.2. The van der Waals surface area contributed by atoms with E-state index in [9.17, 15) is 0 Å². The van der Waals surface area contributed by atoms with Crippen molar-refractivity contribution in [1.82, 2.24) is 4.98 Å². The Labute approximate surface area is 185 Å². The fraction of sp³-hybridized carbons (Fsp3) is 0.429. The molecule has 0 spiro atoms. The minimum atomic E-state index is 0.582. The first-order valence-corrected chi connectivity index (χ1v) is 11.8. The van der Waals surface area contributed by atoms with E-state index in [0.29, 0.717) is 11.8 Å². The van der Waals surface area contributed by atoms with Crippen molar-refractivity contribution in [2.45, 2.75) is 65.2 Å². The first-order valence-electron chi connectivity index (χ1n) is 11.8. The Morgan fingerprint density at radius 2 is 1.81 bits per heavy atom. The van der Waals surface area contributed by atoms with Crippen LogP contribution >= 0.6 is 0 Å². The molecule has 0 saturated heterocycles. The molecule has 160 valence electrons. The van der Waals surface area contributed by atoms with Crippen LogP contribution in [-0.2, 0) is 13.5 Å². The normalized spacial score (nSPS) is 15.4. The lowest BCUT2D eigenvalue weighted by Crippen LogP contribution is -2.31. The summed E-state index contributed by atoms with van der Waals surface area (Å²) in [4.78, 5) is 5.01. The Bertz CT molecular complexity index is 1250. The number of nitrogens with zero attached hydrogens (tertiary/aromatic N) is 2. The maximum absolute atomic E-state index is 6.50. The minimum Gasteiger partial charge on any atom is -0.437 e. The van der Waals surface area contributed by atoms with E-state index in [-0.39, 0.29) is 0 Å². The second-order valence-electron chi connectivity index (χ2n) is 9.79. The second kappa shape index (κ2) is 8.11. The molecule has 0 aliphatic heterocycles. The van der Waals surface area contributed by atoms with Gasteiger partial charge in [0.2, 0.25) is 11.4 Å². The molecular formula is C28H33N2O+. The average Bonchev–Trinajstić information content (AvgIpc) is 3.13. The molecule has 3 heterocycles. The zero-order valence-electron chi connectivity index (χ0n) is 19.2. The Hall–Kier alpha value is -2.68. The van der Waals surface area contributed by atoms with Crippen LogP contribution in [0.5, 0.6) is 0 Å². The highest BCUT2D eigenvalue weighted by molar-refractivity contribution is 6.08. The fourth-order valence-corrected chi connectivity index (χ4v) is 5.24. The first-order chi connectivity index (χ1) is 15.0. The van der Waals surface area contributed by atoms with Crippen molar-refractivity contribution >= 4 is 22.1 Å². The quantitative estimate of drug-likeness (QED) is 0.336. The predicted molar refractivity (Wildman–Crippen MR) is 127 cm³/mol. The lowest BCUT2D eigenvalue weighted by Gasteiger charge is -2.20. The van der Waals surface area contributed by atoms with Gasteiger partial charge in [-0.3, -0.25) is 0 Å². The number of aromatic nitrogens is 2. The average molecular weight is 414 g/mol. The smallest absolute Gasteiger partial charge is 0.227 e. The number of benzene rings is 1. The van der Waals surface area contributed by atoms with E-state index in [1.165, 1.54) is 60.2 Å². The summed E-state index contributed by atoms with van der Waals surface area (Å²) in [6.45, 7) is 6.72. The molecule has 5 rings (SSSR count). The molecule has 3 nitrogen and oxygen atoms in total. The van der Waals surface area contributed by atoms with E-state index >= 15 is 0 Å². The van der Waals surface area contributed by atoms with Crippen LogP contribution in [0.2, 0.25) is 0 Å². The van der Waals surface area contributed by atoms with Crippen LogP contribution in [0.25, 0.3) is 33.3 Å². The van der Waals surface area contributed by atoms with Gasteiger partial charge in [-0.05, 0) is 55.4 Å². The van der Waals surface area contributed by atoms with Crippen LogP contribution in [0, 0.1) is 12.8 Å². The third-order valence-electron chi connectivity index (χ3n) is 6.87. The van der Waals surface area contributed by atoms with E-state index < -0.39 is 0 Å². The summed E-state index contributed by atoms with van der Waals surface area (Å²) < 4.78 is 8.71. The Morgan fingerprint density at radius 3 is 2.58 bits per heavy atom. The molecule has 31 heavy (non-hydrogen) atoms. The van der Waals surface area contributed by atoms with Crippen molar-refractivity contribution in [2.24, 2.45) is 13.0 Å². The minimum absolute atomic E-state index is 0.582. The third kappa shape index (κ3) is 3.75. The van der Waals surface area contributed by atoms with Crippen LogP contribution in [0.4, 0.5) is 0 Å². The molecule has 1 fully saturated rings. The monoisotopic (exact) mass is 413 g/mol. The van der Waals surface area contributed by atoms with Gasteiger partial charge in [0.05, 0.1) is 5.56 Å². The molecule has 1 aromatic carbocycles. The van der Waals surface area contributed by atoms with Crippen molar-refractivity contribution < 1.29 is 8.98 Å². The van der Waals surface area contributed by atoms with Crippen molar-refractivity contribution in [3.05, 3.63) is 59.4 Å². The highest BCUT2D eigenvalue weighted by atomic mass is 16.3. The summed E-state index contributed by atoms with van der Waals surface area (Å²) in [7, 11) is 2.12. The zero-order chi connectivity index (χ0) is 21.5. The molecule has 1 aliphatic carbocycles. The lowest BCUT2D eigenvalue weighted by atomic mass is 9.86. The molecule has 0 bridgehead atoms. The van der Waals surface area contributed by atoms with Crippen molar-refractivity contribution in [1.29, 1.82) is 0 Å². The first kappa shape index (κ1) is 20.2. The van der Waals surface area contributed by atoms with E-state index in [0.717, 1.165) is 28.5 Å². The van der Waals surface area contributed by atoms with Gasteiger partial charge in [-0.1, -0.05) is 45.2 Å². The van der Waals surface area contributed by atoms with Gasteiger partial charge in [0.25, 0.3) is 0 Å². The number of hydrogen-bond donors (Lipinski definition) is 0. The van der Waals surface area contributed by atoms with Crippen molar-refractivity contribution in [3.8, 4) is 11.3 Å². The number of fused-ring (bicyclic) bond motifs is 3. The van der Waals surface area contributed by atoms with Crippen LogP contribution in [0.15, 0.2) is 47.0 Å². The van der Waals surface area contributed by atoms with Gasteiger partial charge >= 0.3 is 0 Å². The van der Waals surface area contributed by atoms with E-state index in [1.807, 2.05) is 0 Å².